The highest BCUT2D eigenvalue weighted by Gasteiger charge is 2.04. The zero-order chi connectivity index (χ0) is 3.54. The first-order chi connectivity index (χ1) is 2.50. The second kappa shape index (κ2) is 1.31. The van der Waals surface area contributed by atoms with Gasteiger partial charge in [0.2, 0.25) is 0 Å². The van der Waals surface area contributed by atoms with Gasteiger partial charge >= 0.3 is 5.16 Å². The van der Waals surface area contributed by atoms with Crippen LogP contribution in [0.5, 0.6) is 0 Å². The maximum atomic E-state index is 4.43. The van der Waals surface area contributed by atoms with Crippen LogP contribution in [-0.2, 0) is 4.28 Å². The van der Waals surface area contributed by atoms with Gasteiger partial charge in [0, 0.05) is 0 Å². The third-order valence-electron chi connectivity index (χ3n) is 0.313. The normalized spacial score (nSPS) is 19.2. The number of hydrogen-bond donors (Lipinski definition) is 0. The van der Waals surface area contributed by atoms with Gasteiger partial charge in [-0.2, -0.15) is 0 Å². The van der Waals surface area contributed by atoms with E-state index in [1.54, 1.807) is 6.21 Å². The number of oxime groups is 1. The van der Waals surface area contributed by atoms with Crippen LogP contribution in [0.25, 0.3) is 0 Å². The quantitative estimate of drug-likeness (QED) is 0.389. The van der Waals surface area contributed by atoms with Crippen molar-refractivity contribution in [3.8, 4) is 0 Å². The Hall–Kier alpha value is -0.180. The molecule has 0 fully saturated rings. The molecule has 0 N–H and O–H groups in total. The summed E-state index contributed by atoms with van der Waals surface area (Å²) in [5.41, 5.74) is 0. The van der Waals surface area contributed by atoms with Gasteiger partial charge in [0.05, 0.1) is 0 Å². The third-order valence-corrected chi connectivity index (χ3v) is 0.789. The Morgan fingerprint density at radius 1 is 2.00 bits per heavy atom. The van der Waals surface area contributed by atoms with Crippen LogP contribution in [0.3, 0.4) is 0 Å². The van der Waals surface area contributed by atoms with Crippen LogP contribution in [-0.4, -0.2) is 12.0 Å². The summed E-state index contributed by atoms with van der Waals surface area (Å²) in [5.74, 6) is 0.903. The Kier molecular flexibility index (Phi) is 0.792. The molecule has 0 aliphatic carbocycles. The van der Waals surface area contributed by atoms with Gasteiger partial charge in [-0.3, -0.25) is 0 Å². The molecule has 0 saturated carbocycles. The Labute approximate surface area is 34.4 Å². The first-order valence-electron chi connectivity index (χ1n) is 1.30. The zero-order valence-electron chi connectivity index (χ0n) is 2.55. The van der Waals surface area contributed by atoms with Crippen molar-refractivity contribution in [2.45, 2.75) is 0 Å². The van der Waals surface area contributed by atoms with Crippen LogP contribution in [0.15, 0.2) is 0 Å². The van der Waals surface area contributed by atoms with Crippen molar-refractivity contribution >= 4 is 18.3 Å². The molecule has 0 amide bonds. The molecule has 0 saturated heterocycles. The molecular formula is C2H3NOS+. The second-order valence-corrected chi connectivity index (χ2v) is 1.37. The molecule has 1 aliphatic heterocycles. The van der Waals surface area contributed by atoms with E-state index in [2.05, 4.69) is 9.44 Å². The van der Waals surface area contributed by atoms with Gasteiger partial charge in [0.25, 0.3) is 6.21 Å². The lowest BCUT2D eigenvalue weighted by Gasteiger charge is -1.57. The molecule has 0 spiro atoms. The Morgan fingerprint density at radius 2 is 3.00 bits per heavy atom. The largest absolute Gasteiger partial charge is 0.300 e. The third kappa shape index (κ3) is 0.545. The molecule has 1 heterocycles. The Balaban J connectivity index is 2.32. The highest BCUT2D eigenvalue weighted by molar-refractivity contribution is 7.95. The van der Waals surface area contributed by atoms with Gasteiger partial charge in [-0.25, -0.2) is 0 Å². The fraction of sp³-hybridized carbons (Fsp3) is 0.500. The molecule has 0 bridgehead atoms. The highest BCUT2D eigenvalue weighted by Crippen LogP contribution is 1.98. The van der Waals surface area contributed by atoms with E-state index in [0.717, 1.165) is 5.75 Å². The summed E-state index contributed by atoms with van der Waals surface area (Å²) < 4.78 is 4.43. The van der Waals surface area contributed by atoms with E-state index in [1.807, 2.05) is 0 Å². The monoisotopic (exact) mass is 89.0 g/mol. The lowest BCUT2D eigenvalue weighted by atomic mass is 10.9. The van der Waals surface area contributed by atoms with Crippen molar-refractivity contribution < 1.29 is 4.28 Å². The lowest BCUT2D eigenvalue weighted by molar-refractivity contribution is 0.350. The van der Waals surface area contributed by atoms with Crippen LogP contribution >= 0.6 is 12.0 Å². The molecule has 1 aliphatic rings. The molecule has 0 unspecified atom stereocenters. The van der Waals surface area contributed by atoms with Crippen LogP contribution in [0.4, 0.5) is 0 Å². The van der Waals surface area contributed by atoms with Gasteiger partial charge in [-0.15, -0.1) is 4.28 Å². The maximum absolute atomic E-state index is 4.43. The van der Waals surface area contributed by atoms with E-state index < -0.39 is 0 Å². The van der Waals surface area contributed by atoms with Gasteiger partial charge < -0.3 is 0 Å². The Morgan fingerprint density at radius 3 is 3.20 bits per heavy atom. The number of nitrogens with zero attached hydrogens (tertiary/aromatic N) is 1. The summed E-state index contributed by atoms with van der Waals surface area (Å²) in [5, 5.41) is 3.42. The molecule has 0 atom stereocenters. The van der Waals surface area contributed by atoms with Crippen molar-refractivity contribution in [2.24, 2.45) is 0 Å². The van der Waals surface area contributed by atoms with Crippen molar-refractivity contribution in [3.63, 3.8) is 0 Å². The molecule has 27 valence electrons. The van der Waals surface area contributed by atoms with Gasteiger partial charge in [-0.1, -0.05) is 0 Å². The van der Waals surface area contributed by atoms with Crippen molar-refractivity contribution in [1.82, 2.24) is 5.16 Å². The van der Waals surface area contributed by atoms with E-state index >= 15 is 0 Å². The molecule has 2 nitrogen and oxygen atoms in total. The summed E-state index contributed by atoms with van der Waals surface area (Å²) in [6, 6.07) is 0. The molecule has 0 aromatic rings. The lowest BCUT2D eigenvalue weighted by Crippen LogP contribution is -1.72. The molecule has 5 heavy (non-hydrogen) atoms. The van der Waals surface area contributed by atoms with E-state index in [1.165, 1.54) is 12.0 Å². The van der Waals surface area contributed by atoms with E-state index in [9.17, 15) is 0 Å². The SMILES string of the molecule is C1=[N+]OSC1. The first-order valence-corrected chi connectivity index (χ1v) is 2.22. The van der Waals surface area contributed by atoms with Gasteiger partial charge in [0.1, 0.15) is 5.75 Å². The predicted molar refractivity (Wildman–Crippen MR) is 21.7 cm³/mol. The smallest absolute Gasteiger partial charge is 0.133 e. The van der Waals surface area contributed by atoms with Gasteiger partial charge in [0.15, 0.2) is 12.0 Å². The predicted octanol–water partition coefficient (Wildman–Crippen LogP) is -0.0136. The van der Waals surface area contributed by atoms with E-state index in [-0.39, 0.29) is 0 Å². The molecule has 1 radical (unpaired) electrons. The van der Waals surface area contributed by atoms with Crippen molar-refractivity contribution in [2.75, 3.05) is 5.75 Å². The van der Waals surface area contributed by atoms with Crippen molar-refractivity contribution in [3.05, 3.63) is 0 Å². The molecular weight excluding hydrogens is 86.1 g/mol. The number of hydrogen-bond acceptors (Lipinski definition) is 3. The minimum atomic E-state index is 0.903. The fourth-order valence-corrected chi connectivity index (χ4v) is 0.456. The topological polar surface area (TPSA) is 23.3 Å². The summed E-state index contributed by atoms with van der Waals surface area (Å²) in [6.07, 6.45) is 1.73. The molecule has 0 aromatic heterocycles. The fourth-order valence-electron chi connectivity index (χ4n) is 0.152. The van der Waals surface area contributed by atoms with E-state index in [0.29, 0.717) is 0 Å². The summed E-state index contributed by atoms with van der Waals surface area (Å²) in [6.45, 7) is 0. The standard InChI is InChI=1S/C2H3NOS/c1-2-5-4-3-1/h1H,2H2/q+1. The summed E-state index contributed by atoms with van der Waals surface area (Å²) >= 11 is 1.35. The van der Waals surface area contributed by atoms with Crippen LogP contribution < -0.4 is 5.16 Å². The average molecular weight is 89.1 g/mol. The summed E-state index contributed by atoms with van der Waals surface area (Å²) in [7, 11) is 0. The Bertz CT molecular complexity index is 47.6. The molecule has 0 aromatic carbocycles. The molecule has 1 rings (SSSR count). The average Bonchev–Trinajstić information content (AvgIpc) is 1.76. The van der Waals surface area contributed by atoms with Crippen LogP contribution in [0.2, 0.25) is 0 Å². The minimum absolute atomic E-state index is 0.903. The van der Waals surface area contributed by atoms with Gasteiger partial charge in [-0.05, 0) is 0 Å². The second-order valence-electron chi connectivity index (χ2n) is 0.647. The van der Waals surface area contributed by atoms with Crippen LogP contribution in [0, 0.1) is 0 Å². The number of rotatable bonds is 0. The molecule has 3 heteroatoms. The summed E-state index contributed by atoms with van der Waals surface area (Å²) in [4.78, 5) is 0. The van der Waals surface area contributed by atoms with Crippen LogP contribution in [0.1, 0.15) is 0 Å². The maximum Gasteiger partial charge on any atom is 0.300 e. The zero-order valence-corrected chi connectivity index (χ0v) is 3.36. The van der Waals surface area contributed by atoms with E-state index in [4.69, 9.17) is 0 Å². The first kappa shape index (κ1) is 3.03. The van der Waals surface area contributed by atoms with Crippen molar-refractivity contribution in [1.29, 1.82) is 0 Å². The highest BCUT2D eigenvalue weighted by atomic mass is 32.2. The minimum Gasteiger partial charge on any atom is -0.133 e.